The average molecular weight is 220 g/mol. The molecule has 0 aliphatic heterocycles. The van der Waals surface area contributed by atoms with Gasteiger partial charge in [-0.05, 0) is 0 Å². The van der Waals surface area contributed by atoms with Gasteiger partial charge < -0.3 is 20.8 Å². The molecule has 6 nitrogen and oxygen atoms in total. The fourth-order valence-corrected chi connectivity index (χ4v) is 1.51. The van der Waals surface area contributed by atoms with Crippen LogP contribution in [0.1, 0.15) is 0 Å². The molecule has 4 N–H and O–H groups in total. The largest absolute Gasteiger partial charge is 0.377 e. The molecule has 0 bridgehead atoms. The van der Waals surface area contributed by atoms with Crippen LogP contribution in [0.5, 0.6) is 0 Å². The number of fused-ring (bicyclic) bond motifs is 1. The molecule has 1 heterocycles. The first kappa shape index (κ1) is 10.6. The zero-order chi connectivity index (χ0) is 11.4. The van der Waals surface area contributed by atoms with E-state index in [2.05, 4.69) is 20.8 Å². The van der Waals surface area contributed by atoms with E-state index in [1.807, 2.05) is 24.3 Å². The number of hydrogen-bond donors (Lipinski definition) is 4. The maximum atomic E-state index is 8.82. The number of aromatic nitrogens is 2. The third kappa shape index (κ3) is 1.88. The summed E-state index contributed by atoms with van der Waals surface area (Å²) < 4.78 is 0. The molecule has 1 aromatic carbocycles. The Bertz CT molecular complexity index is 445. The molecule has 0 unspecified atom stereocenters. The third-order valence-corrected chi connectivity index (χ3v) is 2.18. The summed E-state index contributed by atoms with van der Waals surface area (Å²) in [6, 6.07) is 7.47. The summed E-state index contributed by atoms with van der Waals surface area (Å²) in [6.45, 7) is -0.406. The van der Waals surface area contributed by atoms with Crippen molar-refractivity contribution in [1.29, 1.82) is 0 Å². The van der Waals surface area contributed by atoms with Crippen molar-refractivity contribution in [2.75, 3.05) is 24.1 Å². The zero-order valence-electron chi connectivity index (χ0n) is 8.51. The van der Waals surface area contributed by atoms with Crippen molar-refractivity contribution in [3.8, 4) is 0 Å². The third-order valence-electron chi connectivity index (χ3n) is 2.18. The summed E-state index contributed by atoms with van der Waals surface area (Å²) in [4.78, 5) is 0. The van der Waals surface area contributed by atoms with Crippen LogP contribution in [-0.2, 0) is 0 Å². The minimum atomic E-state index is -0.203. The topological polar surface area (TPSA) is 90.3 Å². The minimum absolute atomic E-state index is 0.203. The van der Waals surface area contributed by atoms with E-state index in [-0.39, 0.29) is 13.5 Å². The van der Waals surface area contributed by atoms with Crippen molar-refractivity contribution in [1.82, 2.24) is 10.2 Å². The lowest BCUT2D eigenvalue weighted by atomic mass is 10.2. The molecule has 0 amide bonds. The van der Waals surface area contributed by atoms with Crippen LogP contribution >= 0.6 is 0 Å². The number of benzene rings is 1. The highest BCUT2D eigenvalue weighted by atomic mass is 16.3. The van der Waals surface area contributed by atoms with E-state index in [4.69, 9.17) is 10.2 Å². The van der Waals surface area contributed by atoms with Crippen molar-refractivity contribution in [3.05, 3.63) is 24.3 Å². The van der Waals surface area contributed by atoms with Gasteiger partial charge >= 0.3 is 0 Å². The van der Waals surface area contributed by atoms with E-state index < -0.39 is 0 Å². The fraction of sp³-hybridized carbons (Fsp3) is 0.200. The van der Waals surface area contributed by atoms with Gasteiger partial charge in [-0.2, -0.15) is 0 Å². The predicted octanol–water partition coefficient (Wildman–Crippen LogP) is 0.353. The van der Waals surface area contributed by atoms with Gasteiger partial charge in [-0.3, -0.25) is 0 Å². The summed E-state index contributed by atoms with van der Waals surface area (Å²) >= 11 is 0. The van der Waals surface area contributed by atoms with Gasteiger partial charge in [0.25, 0.3) is 0 Å². The van der Waals surface area contributed by atoms with Crippen LogP contribution in [0.25, 0.3) is 10.8 Å². The van der Waals surface area contributed by atoms with Crippen LogP contribution in [-0.4, -0.2) is 33.9 Å². The molecule has 0 aliphatic rings. The van der Waals surface area contributed by atoms with Gasteiger partial charge in [-0.25, -0.2) is 0 Å². The Morgan fingerprint density at radius 2 is 1.31 bits per heavy atom. The molecule has 0 saturated heterocycles. The SMILES string of the molecule is OCNc1nnc(NCO)c2ccccc12. The molecular formula is C10H12N4O2. The number of nitrogens with one attached hydrogen (secondary N) is 2. The lowest BCUT2D eigenvalue weighted by molar-refractivity contribution is 0.324. The number of aliphatic hydroxyl groups is 2. The normalized spacial score (nSPS) is 10.4. The van der Waals surface area contributed by atoms with Crippen LogP contribution in [0.2, 0.25) is 0 Å². The molecule has 0 aliphatic carbocycles. The first-order valence-electron chi connectivity index (χ1n) is 4.81. The van der Waals surface area contributed by atoms with E-state index in [1.54, 1.807) is 0 Å². The van der Waals surface area contributed by atoms with Crippen LogP contribution < -0.4 is 10.6 Å². The molecule has 0 radical (unpaired) electrons. The Kier molecular flexibility index (Phi) is 3.13. The molecule has 0 saturated carbocycles. The Morgan fingerprint density at radius 1 is 0.875 bits per heavy atom. The molecule has 0 fully saturated rings. The van der Waals surface area contributed by atoms with Gasteiger partial charge in [-0.15, -0.1) is 10.2 Å². The molecule has 16 heavy (non-hydrogen) atoms. The molecule has 0 atom stereocenters. The summed E-state index contributed by atoms with van der Waals surface area (Å²) in [7, 11) is 0. The molecule has 1 aromatic heterocycles. The molecule has 0 spiro atoms. The van der Waals surface area contributed by atoms with Crippen LogP contribution in [0.3, 0.4) is 0 Å². The first-order chi connectivity index (χ1) is 7.86. The monoisotopic (exact) mass is 220 g/mol. The second kappa shape index (κ2) is 4.73. The maximum absolute atomic E-state index is 8.82. The number of aliphatic hydroxyl groups excluding tert-OH is 2. The van der Waals surface area contributed by atoms with Crippen molar-refractivity contribution in [2.24, 2.45) is 0 Å². The van der Waals surface area contributed by atoms with Gasteiger partial charge in [-0.1, -0.05) is 24.3 Å². The minimum Gasteiger partial charge on any atom is -0.377 e. The van der Waals surface area contributed by atoms with Crippen LogP contribution in [0.4, 0.5) is 11.6 Å². The number of nitrogens with zero attached hydrogens (tertiary/aromatic N) is 2. The quantitative estimate of drug-likeness (QED) is 0.556. The van der Waals surface area contributed by atoms with Crippen LogP contribution in [0.15, 0.2) is 24.3 Å². The van der Waals surface area contributed by atoms with Gasteiger partial charge in [0.1, 0.15) is 13.5 Å². The van der Waals surface area contributed by atoms with Crippen molar-refractivity contribution in [3.63, 3.8) is 0 Å². The molecule has 2 rings (SSSR count). The summed E-state index contributed by atoms with van der Waals surface area (Å²) in [5.74, 6) is 1.03. The lowest BCUT2D eigenvalue weighted by Gasteiger charge is -2.09. The van der Waals surface area contributed by atoms with Gasteiger partial charge in [0.15, 0.2) is 11.6 Å². The Labute approximate surface area is 91.9 Å². The Hall–Kier alpha value is -1.92. The van der Waals surface area contributed by atoms with Gasteiger partial charge in [0.05, 0.1) is 0 Å². The number of hydrogen-bond acceptors (Lipinski definition) is 6. The van der Waals surface area contributed by atoms with E-state index in [9.17, 15) is 0 Å². The summed E-state index contributed by atoms with van der Waals surface area (Å²) in [5.41, 5.74) is 0. The maximum Gasteiger partial charge on any atom is 0.158 e. The summed E-state index contributed by atoms with van der Waals surface area (Å²) in [6.07, 6.45) is 0. The van der Waals surface area contributed by atoms with Crippen molar-refractivity contribution >= 4 is 22.4 Å². The lowest BCUT2D eigenvalue weighted by Crippen LogP contribution is -2.07. The highest BCUT2D eigenvalue weighted by Gasteiger charge is 2.07. The van der Waals surface area contributed by atoms with E-state index >= 15 is 0 Å². The number of rotatable bonds is 4. The fourth-order valence-electron chi connectivity index (χ4n) is 1.51. The van der Waals surface area contributed by atoms with Gasteiger partial charge in [0, 0.05) is 10.8 Å². The predicted molar refractivity (Wildman–Crippen MR) is 61.0 cm³/mol. The van der Waals surface area contributed by atoms with Crippen molar-refractivity contribution in [2.45, 2.75) is 0 Å². The first-order valence-corrected chi connectivity index (χ1v) is 4.81. The average Bonchev–Trinajstić information content (AvgIpc) is 2.33. The van der Waals surface area contributed by atoms with E-state index in [0.29, 0.717) is 11.6 Å². The molecule has 2 aromatic rings. The zero-order valence-corrected chi connectivity index (χ0v) is 8.51. The molecule has 6 heteroatoms. The Balaban J connectivity index is 2.57. The van der Waals surface area contributed by atoms with Crippen LogP contribution in [0, 0.1) is 0 Å². The Morgan fingerprint density at radius 3 is 1.69 bits per heavy atom. The molecular weight excluding hydrogens is 208 g/mol. The number of anilines is 2. The second-order valence-electron chi connectivity index (χ2n) is 3.11. The highest BCUT2D eigenvalue weighted by molar-refractivity contribution is 5.98. The van der Waals surface area contributed by atoms with E-state index in [0.717, 1.165) is 10.8 Å². The smallest absolute Gasteiger partial charge is 0.158 e. The standard InChI is InChI=1S/C10H12N4O2/c15-5-11-9-7-3-1-2-4-8(7)10(12-6-16)14-13-9/h1-4,15-16H,5-6H2,(H,11,13)(H,12,14). The highest BCUT2D eigenvalue weighted by Crippen LogP contribution is 2.25. The van der Waals surface area contributed by atoms with Crippen molar-refractivity contribution < 1.29 is 10.2 Å². The second-order valence-corrected chi connectivity index (χ2v) is 3.11. The van der Waals surface area contributed by atoms with Gasteiger partial charge in [0.2, 0.25) is 0 Å². The van der Waals surface area contributed by atoms with E-state index in [1.165, 1.54) is 0 Å². The molecule has 84 valence electrons. The summed E-state index contributed by atoms with van der Waals surface area (Å²) in [5, 5.41) is 32.6.